The standard InChI is InChI=1S/C45H27N3S/c1-3-11-30(12-4-1)43-46-44(31-13-5-2-6-14-31)48-45(47-43)38-19-10-17-34-33(16-9-18-35(34)38)32-24-22-28-21-23-29-25-26-37-36-15-7-8-20-40(36)49-42(37)41(29)39(28)27-32/h1-27H. The molecule has 228 valence electrons. The van der Waals surface area contributed by atoms with Crippen molar-refractivity contribution in [2.75, 3.05) is 0 Å². The van der Waals surface area contributed by atoms with E-state index in [1.807, 2.05) is 72.0 Å². The Balaban J connectivity index is 1.18. The fourth-order valence-corrected chi connectivity index (χ4v) is 8.44. The molecule has 2 aromatic heterocycles. The summed E-state index contributed by atoms with van der Waals surface area (Å²) in [6.07, 6.45) is 0. The molecule has 8 aromatic carbocycles. The molecule has 10 aromatic rings. The Morgan fingerprint density at radius 1 is 0.347 bits per heavy atom. The van der Waals surface area contributed by atoms with Gasteiger partial charge in [0.1, 0.15) is 0 Å². The van der Waals surface area contributed by atoms with Crippen LogP contribution in [0.15, 0.2) is 164 Å². The predicted octanol–water partition coefficient (Wildman–Crippen LogP) is 12.4. The van der Waals surface area contributed by atoms with Gasteiger partial charge < -0.3 is 0 Å². The molecule has 0 atom stereocenters. The summed E-state index contributed by atoms with van der Waals surface area (Å²) in [6.45, 7) is 0. The Morgan fingerprint density at radius 2 is 0.918 bits per heavy atom. The second kappa shape index (κ2) is 11.2. The monoisotopic (exact) mass is 641 g/mol. The molecule has 0 N–H and O–H groups in total. The molecule has 49 heavy (non-hydrogen) atoms. The topological polar surface area (TPSA) is 38.7 Å². The van der Waals surface area contributed by atoms with E-state index in [0.717, 1.165) is 27.5 Å². The van der Waals surface area contributed by atoms with Crippen LogP contribution in [0, 0.1) is 0 Å². The molecule has 0 amide bonds. The summed E-state index contributed by atoms with van der Waals surface area (Å²) in [5, 5.41) is 10.0. The molecular formula is C45H27N3S. The maximum absolute atomic E-state index is 5.05. The van der Waals surface area contributed by atoms with Crippen LogP contribution < -0.4 is 0 Å². The molecule has 0 aliphatic heterocycles. The van der Waals surface area contributed by atoms with Crippen molar-refractivity contribution in [2.24, 2.45) is 0 Å². The van der Waals surface area contributed by atoms with E-state index < -0.39 is 0 Å². The summed E-state index contributed by atoms with van der Waals surface area (Å²) in [4.78, 5) is 15.0. The maximum Gasteiger partial charge on any atom is 0.164 e. The molecule has 0 radical (unpaired) electrons. The highest BCUT2D eigenvalue weighted by molar-refractivity contribution is 7.26. The minimum Gasteiger partial charge on any atom is -0.208 e. The predicted molar refractivity (Wildman–Crippen MR) is 207 cm³/mol. The van der Waals surface area contributed by atoms with E-state index in [0.29, 0.717) is 17.5 Å². The van der Waals surface area contributed by atoms with Crippen LogP contribution in [0.1, 0.15) is 0 Å². The lowest BCUT2D eigenvalue weighted by atomic mass is 9.92. The van der Waals surface area contributed by atoms with Crippen LogP contribution in [0.4, 0.5) is 0 Å². The number of nitrogens with zero attached hydrogens (tertiary/aromatic N) is 3. The Hall–Kier alpha value is -6.23. The summed E-state index contributed by atoms with van der Waals surface area (Å²) >= 11 is 1.89. The van der Waals surface area contributed by atoms with E-state index in [4.69, 9.17) is 15.0 Å². The number of fused-ring (bicyclic) bond motifs is 8. The first kappa shape index (κ1) is 27.8. The number of hydrogen-bond donors (Lipinski definition) is 0. The van der Waals surface area contributed by atoms with E-state index >= 15 is 0 Å². The van der Waals surface area contributed by atoms with Gasteiger partial charge >= 0.3 is 0 Å². The second-order valence-electron chi connectivity index (χ2n) is 12.4. The first-order valence-corrected chi connectivity index (χ1v) is 17.3. The summed E-state index contributed by atoms with van der Waals surface area (Å²) in [5.41, 5.74) is 5.27. The third-order valence-electron chi connectivity index (χ3n) is 9.52. The van der Waals surface area contributed by atoms with Gasteiger partial charge in [0, 0.05) is 42.2 Å². The molecule has 3 nitrogen and oxygen atoms in total. The van der Waals surface area contributed by atoms with Crippen molar-refractivity contribution >= 4 is 63.8 Å². The normalized spacial score (nSPS) is 11.7. The Bertz CT molecular complexity index is 2820. The van der Waals surface area contributed by atoms with Crippen LogP contribution in [-0.2, 0) is 0 Å². The van der Waals surface area contributed by atoms with Crippen LogP contribution in [0.5, 0.6) is 0 Å². The minimum absolute atomic E-state index is 0.659. The highest BCUT2D eigenvalue weighted by atomic mass is 32.1. The highest BCUT2D eigenvalue weighted by Crippen LogP contribution is 2.42. The van der Waals surface area contributed by atoms with Crippen molar-refractivity contribution < 1.29 is 0 Å². The molecule has 0 unspecified atom stereocenters. The fraction of sp³-hybridized carbons (Fsp3) is 0. The number of aromatic nitrogens is 3. The van der Waals surface area contributed by atoms with Crippen LogP contribution in [0.25, 0.3) is 97.8 Å². The molecule has 0 fully saturated rings. The smallest absolute Gasteiger partial charge is 0.164 e. The lowest BCUT2D eigenvalue weighted by Gasteiger charge is -2.13. The fourth-order valence-electron chi connectivity index (χ4n) is 7.17. The SMILES string of the molecule is c1ccc(-c2nc(-c3ccccc3)nc(-c3cccc4c(-c5ccc6ccc7ccc8c9ccccc9sc8c7c6c5)cccc34)n2)cc1. The number of rotatable bonds is 4. The van der Waals surface area contributed by atoms with Gasteiger partial charge in [0.05, 0.1) is 0 Å². The lowest BCUT2D eigenvalue weighted by molar-refractivity contribution is 1.08. The number of hydrogen-bond acceptors (Lipinski definition) is 4. The van der Waals surface area contributed by atoms with Crippen molar-refractivity contribution in [1.82, 2.24) is 15.0 Å². The van der Waals surface area contributed by atoms with E-state index in [1.54, 1.807) is 0 Å². The summed E-state index contributed by atoms with van der Waals surface area (Å²) < 4.78 is 2.67. The van der Waals surface area contributed by atoms with Crippen LogP contribution in [0.3, 0.4) is 0 Å². The molecule has 0 bridgehead atoms. The van der Waals surface area contributed by atoms with Gasteiger partial charge in [0.15, 0.2) is 17.5 Å². The van der Waals surface area contributed by atoms with Crippen molar-refractivity contribution in [3.8, 4) is 45.3 Å². The molecular weight excluding hydrogens is 615 g/mol. The van der Waals surface area contributed by atoms with Gasteiger partial charge in [-0.15, -0.1) is 11.3 Å². The molecule has 0 saturated heterocycles. The Labute approximate surface area is 286 Å². The van der Waals surface area contributed by atoms with Crippen molar-refractivity contribution in [2.45, 2.75) is 0 Å². The van der Waals surface area contributed by atoms with Gasteiger partial charge in [-0.25, -0.2) is 15.0 Å². The average Bonchev–Trinajstić information content (AvgIpc) is 3.56. The Kier molecular flexibility index (Phi) is 6.36. The van der Waals surface area contributed by atoms with Crippen LogP contribution in [0.2, 0.25) is 0 Å². The largest absolute Gasteiger partial charge is 0.208 e. The average molecular weight is 642 g/mol. The van der Waals surface area contributed by atoms with Gasteiger partial charge in [-0.3, -0.25) is 0 Å². The van der Waals surface area contributed by atoms with E-state index in [1.165, 1.54) is 52.8 Å². The van der Waals surface area contributed by atoms with Crippen molar-refractivity contribution in [1.29, 1.82) is 0 Å². The molecule has 4 heteroatoms. The lowest BCUT2D eigenvalue weighted by Crippen LogP contribution is -2.00. The van der Waals surface area contributed by atoms with Gasteiger partial charge in [-0.1, -0.05) is 152 Å². The molecule has 2 heterocycles. The van der Waals surface area contributed by atoms with Crippen molar-refractivity contribution in [3.05, 3.63) is 164 Å². The molecule has 0 saturated carbocycles. The number of thiophene rings is 1. The van der Waals surface area contributed by atoms with Gasteiger partial charge in [-0.05, 0) is 50.2 Å². The minimum atomic E-state index is 0.659. The summed E-state index contributed by atoms with van der Waals surface area (Å²) in [6, 6.07) is 58.0. The summed E-state index contributed by atoms with van der Waals surface area (Å²) in [5.74, 6) is 1.98. The molecule has 0 aliphatic carbocycles. The van der Waals surface area contributed by atoms with Crippen molar-refractivity contribution in [3.63, 3.8) is 0 Å². The highest BCUT2D eigenvalue weighted by Gasteiger charge is 2.16. The maximum atomic E-state index is 5.05. The summed E-state index contributed by atoms with van der Waals surface area (Å²) in [7, 11) is 0. The van der Waals surface area contributed by atoms with Crippen LogP contribution >= 0.6 is 11.3 Å². The van der Waals surface area contributed by atoms with Gasteiger partial charge in [0.2, 0.25) is 0 Å². The van der Waals surface area contributed by atoms with Crippen LogP contribution in [-0.4, -0.2) is 15.0 Å². The molecule has 0 spiro atoms. The zero-order valence-corrected chi connectivity index (χ0v) is 27.2. The third-order valence-corrected chi connectivity index (χ3v) is 10.7. The van der Waals surface area contributed by atoms with Gasteiger partial charge in [0.25, 0.3) is 0 Å². The zero-order chi connectivity index (χ0) is 32.3. The molecule has 0 aliphatic rings. The number of benzene rings is 8. The first-order valence-electron chi connectivity index (χ1n) is 16.4. The second-order valence-corrected chi connectivity index (χ2v) is 13.4. The third kappa shape index (κ3) is 4.61. The quantitative estimate of drug-likeness (QED) is 0.180. The first-order chi connectivity index (χ1) is 24.3. The Morgan fingerprint density at radius 3 is 1.67 bits per heavy atom. The van der Waals surface area contributed by atoms with E-state index in [-0.39, 0.29) is 0 Å². The molecule has 10 rings (SSSR count). The van der Waals surface area contributed by atoms with E-state index in [2.05, 4.69) is 103 Å². The zero-order valence-electron chi connectivity index (χ0n) is 26.3. The van der Waals surface area contributed by atoms with Gasteiger partial charge in [-0.2, -0.15) is 0 Å². The van der Waals surface area contributed by atoms with E-state index in [9.17, 15) is 0 Å².